The van der Waals surface area contributed by atoms with E-state index in [4.69, 9.17) is 4.74 Å². The molecule has 0 saturated heterocycles. The molecule has 0 aromatic rings. The van der Waals surface area contributed by atoms with Crippen molar-refractivity contribution in [2.45, 2.75) is 46.0 Å². The maximum absolute atomic E-state index is 5.69. The fourth-order valence-electron chi connectivity index (χ4n) is 1.42. The topological polar surface area (TPSA) is 9.23 Å². The van der Waals surface area contributed by atoms with Gasteiger partial charge in [-0.25, -0.2) is 0 Å². The lowest BCUT2D eigenvalue weighted by Gasteiger charge is -2.27. The zero-order chi connectivity index (χ0) is 8.91. The Kier molecular flexibility index (Phi) is 4.82. The van der Waals surface area contributed by atoms with E-state index in [1.807, 2.05) is 0 Å². The van der Waals surface area contributed by atoms with Gasteiger partial charge in [-0.15, -0.1) is 0 Å². The van der Waals surface area contributed by atoms with Gasteiger partial charge in [0.05, 0.1) is 0 Å². The molecule has 0 fully saturated rings. The van der Waals surface area contributed by atoms with Crippen LogP contribution in [0.4, 0.5) is 0 Å². The molecule has 0 aromatic heterocycles. The summed E-state index contributed by atoms with van der Waals surface area (Å²) in [6, 6.07) is 0. The van der Waals surface area contributed by atoms with E-state index in [9.17, 15) is 0 Å². The molecule has 1 nitrogen and oxygen atoms in total. The Hall–Kier alpha value is 0.0249. The fourth-order valence-corrected chi connectivity index (χ4v) is 1.42. The van der Waals surface area contributed by atoms with Gasteiger partial charge in [-0.05, 0) is 25.7 Å². The Labute approximate surface area is 71.9 Å². The molecule has 1 atom stereocenters. The van der Waals surface area contributed by atoms with Crippen LogP contribution in [0.5, 0.6) is 0 Å². The second kappa shape index (κ2) is 4.81. The molecule has 0 radical (unpaired) electrons. The molecule has 0 N–H and O–H groups in total. The van der Waals surface area contributed by atoms with Crippen molar-refractivity contribution in [3.63, 3.8) is 0 Å². The molecule has 1 unspecified atom stereocenters. The molecule has 0 bridgehead atoms. The minimum absolute atomic E-state index is 0.0736. The zero-order valence-corrected chi connectivity index (χ0v) is 8.61. The molecule has 0 amide bonds. The van der Waals surface area contributed by atoms with Crippen molar-refractivity contribution in [3.05, 3.63) is 0 Å². The van der Waals surface area contributed by atoms with Crippen LogP contribution in [0, 0.1) is 5.92 Å². The summed E-state index contributed by atoms with van der Waals surface area (Å²) in [6.07, 6.45) is 2.26. The highest BCUT2D eigenvalue weighted by molar-refractivity contribution is 6.14. The molecule has 0 aliphatic carbocycles. The molecule has 2 heteroatoms. The third-order valence-corrected chi connectivity index (χ3v) is 1.60. The van der Waals surface area contributed by atoms with Crippen molar-refractivity contribution in [2.24, 2.45) is 5.92 Å². The summed E-state index contributed by atoms with van der Waals surface area (Å²) < 4.78 is 5.69. The van der Waals surface area contributed by atoms with Crippen LogP contribution < -0.4 is 0 Å². The predicted octanol–water partition coefficient (Wildman–Crippen LogP) is 1.81. The van der Waals surface area contributed by atoms with E-state index in [-0.39, 0.29) is 5.50 Å². The highest BCUT2D eigenvalue weighted by Gasteiger charge is 2.18. The molecule has 0 heterocycles. The molecular formula is C9H21BO. The SMILES string of the molecule is BC(C)(CC(C)C)OCCC. The lowest BCUT2D eigenvalue weighted by Crippen LogP contribution is -2.31. The molecule has 11 heavy (non-hydrogen) atoms. The van der Waals surface area contributed by atoms with Gasteiger partial charge in [0.25, 0.3) is 0 Å². The molecular weight excluding hydrogens is 135 g/mol. The first kappa shape index (κ1) is 11.0. The van der Waals surface area contributed by atoms with Crippen LogP contribution in [0.15, 0.2) is 0 Å². The molecule has 0 spiro atoms. The molecule has 0 saturated carbocycles. The van der Waals surface area contributed by atoms with Crippen LogP contribution >= 0.6 is 0 Å². The number of rotatable bonds is 5. The predicted molar refractivity (Wildman–Crippen MR) is 52.6 cm³/mol. The summed E-state index contributed by atoms with van der Waals surface area (Å²) in [5.41, 5.74) is 0.0736. The van der Waals surface area contributed by atoms with Crippen molar-refractivity contribution < 1.29 is 4.74 Å². The van der Waals surface area contributed by atoms with Crippen molar-refractivity contribution in [1.29, 1.82) is 0 Å². The quantitative estimate of drug-likeness (QED) is 0.551. The summed E-state index contributed by atoms with van der Waals surface area (Å²) in [6.45, 7) is 9.67. The van der Waals surface area contributed by atoms with Crippen LogP contribution in [-0.2, 0) is 4.74 Å². The van der Waals surface area contributed by atoms with E-state index in [2.05, 4.69) is 35.5 Å². The lowest BCUT2D eigenvalue weighted by atomic mass is 9.77. The average Bonchev–Trinajstić information content (AvgIpc) is 1.81. The standard InChI is InChI=1S/C9H21BO/c1-5-6-11-9(4,10)7-8(2)3/h8H,5-7,10H2,1-4H3. The number of hydrogen-bond acceptors (Lipinski definition) is 1. The van der Waals surface area contributed by atoms with Crippen LogP contribution in [-0.4, -0.2) is 20.0 Å². The van der Waals surface area contributed by atoms with Crippen molar-refractivity contribution in [2.75, 3.05) is 6.61 Å². The van der Waals surface area contributed by atoms with E-state index in [0.717, 1.165) is 25.4 Å². The maximum Gasteiger partial charge on any atom is 0.142 e. The van der Waals surface area contributed by atoms with Crippen LogP contribution in [0.1, 0.15) is 40.5 Å². The molecule has 66 valence electrons. The first-order chi connectivity index (χ1) is 4.98. The van der Waals surface area contributed by atoms with Crippen LogP contribution in [0.3, 0.4) is 0 Å². The Bertz CT molecular complexity index is 99.7. The molecule has 0 aliphatic heterocycles. The maximum atomic E-state index is 5.69. The third-order valence-electron chi connectivity index (χ3n) is 1.60. The zero-order valence-electron chi connectivity index (χ0n) is 8.61. The largest absolute Gasteiger partial charge is 0.384 e. The highest BCUT2D eigenvalue weighted by Crippen LogP contribution is 2.16. The van der Waals surface area contributed by atoms with E-state index >= 15 is 0 Å². The molecule has 0 aromatic carbocycles. The van der Waals surface area contributed by atoms with Gasteiger partial charge in [0, 0.05) is 12.1 Å². The Balaban J connectivity index is 3.61. The molecule has 0 aliphatic rings. The Morgan fingerprint density at radius 1 is 1.45 bits per heavy atom. The minimum Gasteiger partial charge on any atom is -0.384 e. The second-order valence-corrected chi connectivity index (χ2v) is 4.21. The van der Waals surface area contributed by atoms with Crippen LogP contribution in [0.25, 0.3) is 0 Å². The van der Waals surface area contributed by atoms with Gasteiger partial charge >= 0.3 is 0 Å². The fraction of sp³-hybridized carbons (Fsp3) is 1.00. The van der Waals surface area contributed by atoms with Crippen molar-refractivity contribution in [1.82, 2.24) is 0 Å². The summed E-state index contributed by atoms with van der Waals surface area (Å²) in [7, 11) is 2.17. The summed E-state index contributed by atoms with van der Waals surface area (Å²) in [5.74, 6) is 0.724. The van der Waals surface area contributed by atoms with Gasteiger partial charge < -0.3 is 4.74 Å². The Morgan fingerprint density at radius 3 is 2.36 bits per heavy atom. The van der Waals surface area contributed by atoms with Gasteiger partial charge in [0.2, 0.25) is 0 Å². The van der Waals surface area contributed by atoms with Gasteiger partial charge in [-0.3, -0.25) is 0 Å². The summed E-state index contributed by atoms with van der Waals surface area (Å²) >= 11 is 0. The normalized spacial score (nSPS) is 16.8. The third kappa shape index (κ3) is 6.42. The summed E-state index contributed by atoms with van der Waals surface area (Å²) in [5, 5.41) is 0. The van der Waals surface area contributed by atoms with E-state index in [0.29, 0.717) is 0 Å². The number of ether oxygens (including phenoxy) is 1. The van der Waals surface area contributed by atoms with E-state index < -0.39 is 0 Å². The van der Waals surface area contributed by atoms with Gasteiger partial charge in [0.15, 0.2) is 0 Å². The van der Waals surface area contributed by atoms with Gasteiger partial charge in [-0.2, -0.15) is 0 Å². The second-order valence-electron chi connectivity index (χ2n) is 4.21. The first-order valence-electron chi connectivity index (χ1n) is 4.62. The van der Waals surface area contributed by atoms with Crippen LogP contribution in [0.2, 0.25) is 0 Å². The Morgan fingerprint density at radius 2 is 2.00 bits per heavy atom. The van der Waals surface area contributed by atoms with Gasteiger partial charge in [-0.1, -0.05) is 20.8 Å². The molecule has 0 rings (SSSR count). The minimum atomic E-state index is 0.0736. The lowest BCUT2D eigenvalue weighted by molar-refractivity contribution is 0.0183. The van der Waals surface area contributed by atoms with Crippen molar-refractivity contribution in [3.8, 4) is 0 Å². The smallest absolute Gasteiger partial charge is 0.142 e. The highest BCUT2D eigenvalue weighted by atomic mass is 16.5. The van der Waals surface area contributed by atoms with Crippen molar-refractivity contribution >= 4 is 7.85 Å². The average molecular weight is 156 g/mol. The van der Waals surface area contributed by atoms with E-state index in [1.165, 1.54) is 0 Å². The van der Waals surface area contributed by atoms with Gasteiger partial charge in [0.1, 0.15) is 7.85 Å². The van der Waals surface area contributed by atoms with E-state index in [1.54, 1.807) is 0 Å². The summed E-state index contributed by atoms with van der Waals surface area (Å²) in [4.78, 5) is 0. The first-order valence-corrected chi connectivity index (χ1v) is 4.62. The monoisotopic (exact) mass is 156 g/mol. The number of hydrogen-bond donors (Lipinski definition) is 0.